The molecule has 1 unspecified atom stereocenters. The average Bonchev–Trinajstić information content (AvgIpc) is 2.59. The van der Waals surface area contributed by atoms with Crippen molar-refractivity contribution in [2.75, 3.05) is 6.54 Å². The van der Waals surface area contributed by atoms with Gasteiger partial charge in [-0.1, -0.05) is 42.5 Å². The van der Waals surface area contributed by atoms with E-state index in [2.05, 4.69) is 4.72 Å². The molecular weight excluding hydrogens is 344 g/mol. The lowest BCUT2D eigenvalue weighted by atomic mass is 9.97. The van der Waals surface area contributed by atoms with E-state index in [1.54, 1.807) is 0 Å². The van der Waals surface area contributed by atoms with Gasteiger partial charge >= 0.3 is 0 Å². The number of nitro benzene ring substituents is 1. The van der Waals surface area contributed by atoms with Gasteiger partial charge in [-0.05, 0) is 31.4 Å². The molecule has 7 nitrogen and oxygen atoms in total. The van der Waals surface area contributed by atoms with Crippen molar-refractivity contribution in [3.8, 4) is 0 Å². The van der Waals surface area contributed by atoms with Crippen LogP contribution in [0, 0.1) is 10.1 Å². The topological polar surface area (TPSA) is 110 Å². The molecule has 25 heavy (non-hydrogen) atoms. The van der Waals surface area contributed by atoms with Crippen LogP contribution in [0.5, 0.6) is 0 Å². The Morgan fingerprint density at radius 3 is 2.36 bits per heavy atom. The zero-order chi connectivity index (χ0) is 18.5. The van der Waals surface area contributed by atoms with Crippen LogP contribution in [0.2, 0.25) is 0 Å². The number of nitrogens with zero attached hydrogens (tertiary/aromatic N) is 1. The van der Waals surface area contributed by atoms with Crippen LogP contribution in [-0.2, 0) is 16.4 Å². The maximum absolute atomic E-state index is 12.4. The molecule has 0 aliphatic heterocycles. The molecule has 2 rings (SSSR count). The van der Waals surface area contributed by atoms with Crippen molar-refractivity contribution in [3.05, 3.63) is 70.3 Å². The van der Waals surface area contributed by atoms with Gasteiger partial charge in [0.1, 0.15) is 0 Å². The molecule has 134 valence electrons. The first-order chi connectivity index (χ1) is 11.7. The molecule has 0 amide bonds. The predicted molar refractivity (Wildman–Crippen MR) is 93.7 cm³/mol. The summed E-state index contributed by atoms with van der Waals surface area (Å²) < 4.78 is 27.0. The standard InChI is InChI=1S/C17H20N2O5S/c1-17(20,12-11-14-7-3-2-4-8-14)13-18-25(23,24)16-10-6-5-9-15(16)19(21)22/h2-10,18,20H,11-13H2,1H3. The first-order valence-electron chi connectivity index (χ1n) is 7.71. The van der Waals surface area contributed by atoms with Crippen LogP contribution in [0.4, 0.5) is 5.69 Å². The van der Waals surface area contributed by atoms with Crippen LogP contribution in [0.25, 0.3) is 0 Å². The first-order valence-corrected chi connectivity index (χ1v) is 9.19. The van der Waals surface area contributed by atoms with Crippen molar-refractivity contribution >= 4 is 15.7 Å². The van der Waals surface area contributed by atoms with E-state index in [0.29, 0.717) is 12.8 Å². The number of benzene rings is 2. The second-order valence-electron chi connectivity index (χ2n) is 6.03. The van der Waals surface area contributed by atoms with Crippen molar-refractivity contribution < 1.29 is 18.4 Å². The minimum Gasteiger partial charge on any atom is -0.389 e. The summed E-state index contributed by atoms with van der Waals surface area (Å²) in [5.41, 5.74) is -0.754. The highest BCUT2D eigenvalue weighted by molar-refractivity contribution is 7.89. The van der Waals surface area contributed by atoms with E-state index < -0.39 is 31.1 Å². The number of rotatable bonds is 8. The molecular formula is C17H20N2O5S. The lowest BCUT2D eigenvalue weighted by Gasteiger charge is -2.23. The number of hydrogen-bond donors (Lipinski definition) is 2. The molecule has 0 radical (unpaired) electrons. The zero-order valence-electron chi connectivity index (χ0n) is 13.8. The molecule has 2 aromatic rings. The Kier molecular flexibility index (Phi) is 5.89. The summed E-state index contributed by atoms with van der Waals surface area (Å²) in [5.74, 6) is 0. The molecule has 1 atom stereocenters. The summed E-state index contributed by atoms with van der Waals surface area (Å²) in [6.45, 7) is 1.28. The first kappa shape index (κ1) is 19.0. The Balaban J connectivity index is 2.05. The van der Waals surface area contributed by atoms with Crippen LogP contribution < -0.4 is 4.72 Å². The van der Waals surface area contributed by atoms with E-state index in [0.717, 1.165) is 11.6 Å². The Morgan fingerprint density at radius 1 is 1.12 bits per heavy atom. The van der Waals surface area contributed by atoms with Crippen molar-refractivity contribution in [1.82, 2.24) is 4.72 Å². The lowest BCUT2D eigenvalue weighted by Crippen LogP contribution is -2.41. The van der Waals surface area contributed by atoms with E-state index >= 15 is 0 Å². The predicted octanol–water partition coefficient (Wildman–Crippen LogP) is 2.26. The Hall–Kier alpha value is -2.29. The van der Waals surface area contributed by atoms with Crippen molar-refractivity contribution in [2.45, 2.75) is 30.3 Å². The van der Waals surface area contributed by atoms with Gasteiger partial charge in [0, 0.05) is 12.6 Å². The van der Waals surface area contributed by atoms with Crippen molar-refractivity contribution in [2.24, 2.45) is 0 Å². The molecule has 2 aromatic carbocycles. The molecule has 0 saturated carbocycles. The van der Waals surface area contributed by atoms with Gasteiger partial charge in [0.05, 0.1) is 10.5 Å². The third kappa shape index (κ3) is 5.35. The molecule has 0 spiro atoms. The molecule has 0 bridgehead atoms. The summed E-state index contributed by atoms with van der Waals surface area (Å²) >= 11 is 0. The van der Waals surface area contributed by atoms with E-state index in [1.807, 2.05) is 30.3 Å². The molecule has 0 aliphatic carbocycles. The Labute approximate surface area is 146 Å². The Bertz CT molecular complexity index is 835. The van der Waals surface area contributed by atoms with E-state index in [9.17, 15) is 23.6 Å². The van der Waals surface area contributed by atoms with Crippen LogP contribution in [0.3, 0.4) is 0 Å². The number of aliphatic hydroxyl groups is 1. The smallest absolute Gasteiger partial charge is 0.289 e. The van der Waals surface area contributed by atoms with Gasteiger partial charge in [0.25, 0.3) is 5.69 Å². The average molecular weight is 364 g/mol. The summed E-state index contributed by atoms with van der Waals surface area (Å²) in [6.07, 6.45) is 0.928. The zero-order valence-corrected chi connectivity index (χ0v) is 14.6. The number of para-hydroxylation sites is 1. The number of sulfonamides is 1. The SMILES string of the molecule is CC(O)(CCc1ccccc1)CNS(=O)(=O)c1ccccc1[N+](=O)[O-]. The second-order valence-corrected chi connectivity index (χ2v) is 7.77. The molecule has 0 heterocycles. The number of hydrogen-bond acceptors (Lipinski definition) is 5. The molecule has 0 saturated heterocycles. The van der Waals surface area contributed by atoms with Gasteiger partial charge in [-0.3, -0.25) is 10.1 Å². The van der Waals surface area contributed by atoms with E-state index in [4.69, 9.17) is 0 Å². The number of nitrogens with one attached hydrogen (secondary N) is 1. The van der Waals surface area contributed by atoms with E-state index in [1.165, 1.54) is 25.1 Å². The minimum atomic E-state index is -4.10. The van der Waals surface area contributed by atoms with E-state index in [-0.39, 0.29) is 6.54 Å². The molecule has 0 fully saturated rings. The third-order valence-electron chi connectivity index (χ3n) is 3.79. The molecule has 8 heteroatoms. The monoisotopic (exact) mass is 364 g/mol. The summed E-state index contributed by atoms with van der Waals surface area (Å²) in [5, 5.41) is 21.4. The van der Waals surface area contributed by atoms with Crippen molar-refractivity contribution in [1.29, 1.82) is 0 Å². The minimum absolute atomic E-state index is 0.242. The fraction of sp³-hybridized carbons (Fsp3) is 0.294. The fourth-order valence-corrected chi connectivity index (χ4v) is 3.64. The third-order valence-corrected chi connectivity index (χ3v) is 5.24. The summed E-state index contributed by atoms with van der Waals surface area (Å²) in [7, 11) is -4.10. The van der Waals surface area contributed by atoms with Gasteiger partial charge in [0.2, 0.25) is 10.0 Å². The van der Waals surface area contributed by atoms with Gasteiger partial charge in [-0.15, -0.1) is 0 Å². The van der Waals surface area contributed by atoms with Gasteiger partial charge in [-0.2, -0.15) is 0 Å². The summed E-state index contributed by atoms with van der Waals surface area (Å²) in [4.78, 5) is 9.83. The highest BCUT2D eigenvalue weighted by Crippen LogP contribution is 2.23. The fourth-order valence-electron chi connectivity index (χ4n) is 2.31. The van der Waals surface area contributed by atoms with Crippen LogP contribution in [0.15, 0.2) is 59.5 Å². The van der Waals surface area contributed by atoms with Gasteiger partial charge in [-0.25, -0.2) is 13.1 Å². The largest absolute Gasteiger partial charge is 0.389 e. The summed E-state index contributed by atoms with van der Waals surface area (Å²) in [6, 6.07) is 14.6. The molecule has 0 aromatic heterocycles. The number of nitro groups is 1. The number of aryl methyl sites for hydroxylation is 1. The Morgan fingerprint density at radius 2 is 1.72 bits per heavy atom. The molecule has 0 aliphatic rings. The second kappa shape index (κ2) is 7.73. The maximum atomic E-state index is 12.4. The maximum Gasteiger partial charge on any atom is 0.289 e. The van der Waals surface area contributed by atoms with Gasteiger partial charge in [0.15, 0.2) is 4.90 Å². The normalized spacial score (nSPS) is 14.0. The van der Waals surface area contributed by atoms with Crippen molar-refractivity contribution in [3.63, 3.8) is 0 Å². The van der Waals surface area contributed by atoms with Crippen LogP contribution >= 0.6 is 0 Å². The highest BCUT2D eigenvalue weighted by Gasteiger charge is 2.28. The quantitative estimate of drug-likeness (QED) is 0.551. The van der Waals surface area contributed by atoms with Crippen LogP contribution in [-0.4, -0.2) is 30.6 Å². The van der Waals surface area contributed by atoms with Gasteiger partial charge < -0.3 is 5.11 Å². The lowest BCUT2D eigenvalue weighted by molar-refractivity contribution is -0.387. The van der Waals surface area contributed by atoms with Crippen LogP contribution in [0.1, 0.15) is 18.9 Å². The highest BCUT2D eigenvalue weighted by atomic mass is 32.2. The molecule has 2 N–H and O–H groups in total.